The van der Waals surface area contributed by atoms with Crippen LogP contribution in [0.4, 0.5) is 0 Å². The van der Waals surface area contributed by atoms with E-state index in [1.165, 1.54) is 24.2 Å². The zero-order chi connectivity index (χ0) is 10.7. The van der Waals surface area contributed by atoms with E-state index in [0.717, 1.165) is 17.2 Å². The first-order valence-electron chi connectivity index (χ1n) is 5.23. The maximum atomic E-state index is 11.5. The number of hydrogen-bond acceptors (Lipinski definition) is 4. The number of ether oxygens (including phenoxy) is 1. The molecule has 1 atom stereocenters. The summed E-state index contributed by atoms with van der Waals surface area (Å²) in [6, 6.07) is 3.14. The highest BCUT2D eigenvalue weighted by atomic mass is 32.1. The van der Waals surface area contributed by atoms with Crippen molar-refractivity contribution in [1.29, 1.82) is 0 Å². The zero-order valence-corrected chi connectivity index (χ0v) is 9.33. The lowest BCUT2D eigenvalue weighted by Gasteiger charge is -2.09. The molecule has 2 N–H and O–H groups in total. The molecule has 82 valence electrons. The number of nitrogens with two attached hydrogens (primary N) is 1. The third kappa shape index (κ3) is 3.04. The Labute approximate surface area is 93.2 Å². The van der Waals surface area contributed by atoms with E-state index in [-0.39, 0.29) is 5.97 Å². The molecule has 1 aromatic rings. The molecule has 0 saturated heterocycles. The van der Waals surface area contributed by atoms with Crippen molar-refractivity contribution in [3.8, 4) is 0 Å². The van der Waals surface area contributed by atoms with Gasteiger partial charge in [-0.15, -0.1) is 11.3 Å². The van der Waals surface area contributed by atoms with Crippen LogP contribution in [-0.2, 0) is 9.53 Å². The third-order valence-electron chi connectivity index (χ3n) is 2.57. The molecule has 1 saturated carbocycles. The fourth-order valence-electron chi connectivity index (χ4n) is 1.41. The predicted molar refractivity (Wildman–Crippen MR) is 59.5 cm³/mol. The number of esters is 1. The summed E-state index contributed by atoms with van der Waals surface area (Å²) in [5.41, 5.74) is 5.75. The Morgan fingerprint density at radius 3 is 3.07 bits per heavy atom. The number of hydrogen-bond donors (Lipinski definition) is 1. The second-order valence-electron chi connectivity index (χ2n) is 3.89. The number of rotatable bonds is 5. The van der Waals surface area contributed by atoms with Crippen LogP contribution >= 0.6 is 11.3 Å². The maximum absolute atomic E-state index is 11.5. The molecule has 0 aromatic carbocycles. The van der Waals surface area contributed by atoms with Gasteiger partial charge in [0.15, 0.2) is 0 Å². The maximum Gasteiger partial charge on any atom is 0.328 e. The van der Waals surface area contributed by atoms with E-state index >= 15 is 0 Å². The highest BCUT2D eigenvalue weighted by Gasteiger charge is 2.23. The van der Waals surface area contributed by atoms with E-state index < -0.39 is 6.04 Å². The highest BCUT2D eigenvalue weighted by Crippen LogP contribution is 2.32. The van der Waals surface area contributed by atoms with Gasteiger partial charge in [-0.1, -0.05) is 18.9 Å². The summed E-state index contributed by atoms with van der Waals surface area (Å²) in [6.45, 7) is 0.516. The third-order valence-corrected chi connectivity index (χ3v) is 3.53. The number of thiophene rings is 1. The average molecular weight is 225 g/mol. The summed E-state index contributed by atoms with van der Waals surface area (Å²) < 4.78 is 5.12. The lowest BCUT2D eigenvalue weighted by atomic mass is 10.2. The monoisotopic (exact) mass is 225 g/mol. The summed E-state index contributed by atoms with van der Waals surface area (Å²) in [7, 11) is 0. The minimum atomic E-state index is -0.607. The van der Waals surface area contributed by atoms with Crippen molar-refractivity contribution in [3.63, 3.8) is 0 Å². The van der Waals surface area contributed by atoms with Crippen LogP contribution in [0.1, 0.15) is 30.2 Å². The first kappa shape index (κ1) is 10.6. The minimum absolute atomic E-state index is 0.307. The van der Waals surface area contributed by atoms with Crippen molar-refractivity contribution >= 4 is 17.3 Å². The molecule has 4 heteroatoms. The van der Waals surface area contributed by atoms with Crippen molar-refractivity contribution in [2.75, 3.05) is 6.61 Å². The number of carbonyl (C=O) groups excluding carboxylic acids is 1. The molecule has 1 aromatic heterocycles. The van der Waals surface area contributed by atoms with Gasteiger partial charge >= 0.3 is 5.97 Å². The van der Waals surface area contributed by atoms with Crippen molar-refractivity contribution in [2.24, 2.45) is 11.7 Å². The molecule has 1 aliphatic carbocycles. The molecule has 0 amide bonds. The molecular weight excluding hydrogens is 210 g/mol. The van der Waals surface area contributed by atoms with Crippen LogP contribution < -0.4 is 5.73 Å². The quantitative estimate of drug-likeness (QED) is 0.781. The normalized spacial score (nSPS) is 17.4. The predicted octanol–water partition coefficient (Wildman–Crippen LogP) is 2.09. The van der Waals surface area contributed by atoms with Crippen LogP contribution in [0.5, 0.6) is 0 Å². The Bertz CT molecular complexity index is 319. The van der Waals surface area contributed by atoms with Gasteiger partial charge < -0.3 is 10.5 Å². The summed E-state index contributed by atoms with van der Waals surface area (Å²) in [6.07, 6.45) is 3.56. The minimum Gasteiger partial charge on any atom is -0.464 e. The second-order valence-corrected chi connectivity index (χ2v) is 4.87. The molecule has 1 heterocycles. The number of carbonyl (C=O) groups is 1. The first-order valence-corrected chi connectivity index (χ1v) is 6.11. The van der Waals surface area contributed by atoms with Crippen LogP contribution in [0.15, 0.2) is 17.5 Å². The van der Waals surface area contributed by atoms with E-state index in [4.69, 9.17) is 10.5 Å². The molecule has 15 heavy (non-hydrogen) atoms. The molecule has 1 unspecified atom stereocenters. The van der Waals surface area contributed by atoms with Gasteiger partial charge in [0.05, 0.1) is 6.61 Å². The van der Waals surface area contributed by atoms with E-state index in [9.17, 15) is 4.79 Å². The van der Waals surface area contributed by atoms with Crippen LogP contribution in [0, 0.1) is 5.92 Å². The van der Waals surface area contributed by atoms with Crippen LogP contribution in [-0.4, -0.2) is 12.6 Å². The van der Waals surface area contributed by atoms with Crippen molar-refractivity contribution < 1.29 is 9.53 Å². The Hall–Kier alpha value is -0.870. The summed E-state index contributed by atoms with van der Waals surface area (Å²) in [5.74, 6) is 0.480. The van der Waals surface area contributed by atoms with Gasteiger partial charge in [-0.05, 0) is 23.8 Å². The molecule has 2 rings (SSSR count). The summed E-state index contributed by atoms with van der Waals surface area (Å²) >= 11 is 1.49. The lowest BCUT2D eigenvalue weighted by molar-refractivity contribution is -0.145. The molecule has 0 spiro atoms. The summed E-state index contributed by atoms with van der Waals surface area (Å²) in [5, 5.41) is 1.91. The highest BCUT2D eigenvalue weighted by molar-refractivity contribution is 7.10. The largest absolute Gasteiger partial charge is 0.464 e. The fourth-order valence-corrected chi connectivity index (χ4v) is 2.12. The topological polar surface area (TPSA) is 52.3 Å². The molecule has 3 nitrogen and oxygen atoms in total. The lowest BCUT2D eigenvalue weighted by Crippen LogP contribution is -2.23. The van der Waals surface area contributed by atoms with Crippen LogP contribution in [0.25, 0.3) is 0 Å². The SMILES string of the molecule is NC(C(=O)OCCC1CC1)c1cccs1. The standard InChI is InChI=1S/C11H15NO2S/c12-10(9-2-1-7-15-9)11(13)14-6-5-8-3-4-8/h1-2,7-8,10H,3-6,12H2. The van der Waals surface area contributed by atoms with Crippen molar-refractivity contribution in [1.82, 2.24) is 0 Å². The molecule has 0 bridgehead atoms. The Kier molecular flexibility index (Phi) is 3.38. The Morgan fingerprint density at radius 2 is 2.47 bits per heavy atom. The summed E-state index contributed by atoms with van der Waals surface area (Å²) in [4.78, 5) is 12.4. The zero-order valence-electron chi connectivity index (χ0n) is 8.52. The van der Waals surface area contributed by atoms with Crippen LogP contribution in [0.2, 0.25) is 0 Å². The van der Waals surface area contributed by atoms with Gasteiger partial charge in [-0.2, -0.15) is 0 Å². The smallest absolute Gasteiger partial charge is 0.328 e. The molecule has 0 radical (unpaired) electrons. The van der Waals surface area contributed by atoms with Gasteiger partial charge in [0, 0.05) is 4.88 Å². The second kappa shape index (κ2) is 4.77. The fraction of sp³-hybridized carbons (Fsp3) is 0.545. The Balaban J connectivity index is 1.74. The molecule has 0 aliphatic heterocycles. The van der Waals surface area contributed by atoms with E-state index in [1.54, 1.807) is 0 Å². The average Bonchev–Trinajstić information content (AvgIpc) is 2.90. The van der Waals surface area contributed by atoms with Crippen molar-refractivity contribution in [2.45, 2.75) is 25.3 Å². The van der Waals surface area contributed by atoms with Gasteiger partial charge in [-0.25, -0.2) is 4.79 Å². The van der Waals surface area contributed by atoms with E-state index in [1.807, 2.05) is 17.5 Å². The molecule has 1 fully saturated rings. The van der Waals surface area contributed by atoms with Gasteiger partial charge in [0.1, 0.15) is 6.04 Å². The van der Waals surface area contributed by atoms with E-state index in [2.05, 4.69) is 0 Å². The molecular formula is C11H15NO2S. The first-order chi connectivity index (χ1) is 7.27. The molecule has 1 aliphatic rings. The van der Waals surface area contributed by atoms with Gasteiger partial charge in [0.2, 0.25) is 0 Å². The van der Waals surface area contributed by atoms with Crippen LogP contribution in [0.3, 0.4) is 0 Å². The Morgan fingerprint density at radius 1 is 1.67 bits per heavy atom. The van der Waals surface area contributed by atoms with Gasteiger partial charge in [0.25, 0.3) is 0 Å². The van der Waals surface area contributed by atoms with Crippen molar-refractivity contribution in [3.05, 3.63) is 22.4 Å². The van der Waals surface area contributed by atoms with E-state index in [0.29, 0.717) is 6.61 Å². The van der Waals surface area contributed by atoms with Gasteiger partial charge in [-0.3, -0.25) is 0 Å².